The molecule has 1 aliphatic rings. The van der Waals surface area contributed by atoms with Crippen LogP contribution in [0.5, 0.6) is 11.5 Å². The van der Waals surface area contributed by atoms with Crippen molar-refractivity contribution < 1.29 is 23.8 Å². The number of carbonyl (C=O) groups is 2. The van der Waals surface area contributed by atoms with Crippen LogP contribution in [0.15, 0.2) is 59.9 Å². The second-order valence-corrected chi connectivity index (χ2v) is 7.00. The van der Waals surface area contributed by atoms with Gasteiger partial charge in [0.25, 0.3) is 0 Å². The summed E-state index contributed by atoms with van der Waals surface area (Å²) in [5, 5.41) is 9.61. The van der Waals surface area contributed by atoms with Crippen molar-refractivity contribution in [3.8, 4) is 17.6 Å². The predicted octanol–water partition coefficient (Wildman–Crippen LogP) is 3.29. The van der Waals surface area contributed by atoms with Crippen molar-refractivity contribution in [3.05, 3.63) is 59.9 Å². The largest absolute Gasteiger partial charge is 0.494 e. The number of hydrogen-bond acceptors (Lipinski definition) is 8. The molecule has 1 heterocycles. The summed E-state index contributed by atoms with van der Waals surface area (Å²) in [6, 6.07) is 16.6. The van der Waals surface area contributed by atoms with Crippen molar-refractivity contribution in [2.45, 2.75) is 13.3 Å². The van der Waals surface area contributed by atoms with Crippen LogP contribution in [-0.2, 0) is 14.3 Å². The van der Waals surface area contributed by atoms with Crippen LogP contribution in [0.4, 0.5) is 11.4 Å². The van der Waals surface area contributed by atoms with Gasteiger partial charge in [0.1, 0.15) is 29.0 Å². The van der Waals surface area contributed by atoms with E-state index in [0.717, 1.165) is 17.1 Å². The summed E-state index contributed by atoms with van der Waals surface area (Å²) in [6.45, 7) is 2.08. The normalized spacial score (nSPS) is 12.1. The number of carbonyl (C=O) groups excluding carboxylic acids is 2. The maximum atomic E-state index is 12.6. The van der Waals surface area contributed by atoms with Gasteiger partial charge in [-0.05, 0) is 43.3 Å². The molecule has 0 aromatic heterocycles. The number of nitriles is 1. The van der Waals surface area contributed by atoms with Gasteiger partial charge in [0.15, 0.2) is 6.61 Å². The molecule has 0 aliphatic carbocycles. The lowest BCUT2D eigenvalue weighted by Gasteiger charge is -2.19. The highest BCUT2D eigenvalue weighted by molar-refractivity contribution is 6.03. The number of Topliss-reactive ketones (excluding diaryl/α,β-unsaturated/α-hetero) is 1. The molecule has 0 spiro atoms. The van der Waals surface area contributed by atoms with E-state index in [4.69, 9.17) is 14.2 Å². The number of para-hydroxylation sites is 2. The molecule has 2 aromatic rings. The van der Waals surface area contributed by atoms with E-state index in [1.165, 1.54) is 0 Å². The van der Waals surface area contributed by atoms with E-state index in [9.17, 15) is 14.9 Å². The third kappa shape index (κ3) is 5.01. The van der Waals surface area contributed by atoms with Gasteiger partial charge in [-0.1, -0.05) is 12.1 Å². The second-order valence-electron chi connectivity index (χ2n) is 7.00. The molecule has 0 radical (unpaired) electrons. The Morgan fingerprint density at radius 1 is 0.938 bits per heavy atom. The lowest BCUT2D eigenvalue weighted by molar-refractivity contribution is -0.147. The fourth-order valence-corrected chi connectivity index (χ4v) is 3.40. The molecule has 2 aromatic carbocycles. The molecule has 166 valence electrons. The third-order valence-corrected chi connectivity index (χ3v) is 4.93. The number of fused-ring (bicyclic) bond motifs is 1. The van der Waals surface area contributed by atoms with Gasteiger partial charge in [-0.15, -0.1) is 0 Å². The van der Waals surface area contributed by atoms with Crippen molar-refractivity contribution in [1.82, 2.24) is 0 Å². The molecular weight excluding hydrogens is 410 g/mol. The lowest BCUT2D eigenvalue weighted by atomic mass is 10.2. The predicted molar refractivity (Wildman–Crippen MR) is 120 cm³/mol. The highest BCUT2D eigenvalue weighted by atomic mass is 16.5. The Hall–Kier alpha value is -3.99. The summed E-state index contributed by atoms with van der Waals surface area (Å²) < 4.78 is 15.9. The quantitative estimate of drug-likeness (QED) is 0.337. The first kappa shape index (κ1) is 22.7. The summed E-state index contributed by atoms with van der Waals surface area (Å²) in [6.07, 6.45) is -0.0236. The van der Waals surface area contributed by atoms with Crippen LogP contribution in [0.25, 0.3) is 0 Å². The first-order valence-electron chi connectivity index (χ1n) is 10.2. The highest BCUT2D eigenvalue weighted by Gasteiger charge is 2.31. The van der Waals surface area contributed by atoms with Gasteiger partial charge in [-0.2, -0.15) is 5.26 Å². The lowest BCUT2D eigenvalue weighted by Crippen LogP contribution is -2.28. The first-order chi connectivity index (χ1) is 15.5. The summed E-state index contributed by atoms with van der Waals surface area (Å²) in [4.78, 5) is 28.2. The van der Waals surface area contributed by atoms with Crippen molar-refractivity contribution in [2.24, 2.45) is 0 Å². The monoisotopic (exact) mass is 435 g/mol. The van der Waals surface area contributed by atoms with Gasteiger partial charge in [0.05, 0.1) is 31.0 Å². The van der Waals surface area contributed by atoms with E-state index in [1.807, 2.05) is 37.3 Å². The summed E-state index contributed by atoms with van der Waals surface area (Å²) in [5.74, 6) is 0.647. The van der Waals surface area contributed by atoms with Crippen LogP contribution in [0.3, 0.4) is 0 Å². The second kappa shape index (κ2) is 10.4. The number of anilines is 2. The van der Waals surface area contributed by atoms with Gasteiger partial charge in [0, 0.05) is 14.1 Å². The zero-order valence-electron chi connectivity index (χ0n) is 18.3. The molecule has 8 heteroatoms. The highest BCUT2D eigenvalue weighted by Crippen LogP contribution is 2.40. The Labute approximate surface area is 187 Å². The van der Waals surface area contributed by atoms with E-state index in [-0.39, 0.29) is 18.6 Å². The number of benzene rings is 2. The molecule has 0 saturated heterocycles. The van der Waals surface area contributed by atoms with Crippen LogP contribution < -0.4 is 19.3 Å². The summed E-state index contributed by atoms with van der Waals surface area (Å²) in [7, 11) is 3.57. The maximum absolute atomic E-state index is 12.6. The van der Waals surface area contributed by atoms with Crippen molar-refractivity contribution in [1.29, 1.82) is 5.26 Å². The molecule has 0 fully saturated rings. The molecule has 32 heavy (non-hydrogen) atoms. The first-order valence-corrected chi connectivity index (χ1v) is 10.2. The Balaban J connectivity index is 1.52. The van der Waals surface area contributed by atoms with E-state index < -0.39 is 18.4 Å². The van der Waals surface area contributed by atoms with E-state index in [0.29, 0.717) is 18.2 Å². The van der Waals surface area contributed by atoms with Gasteiger partial charge < -0.3 is 24.0 Å². The van der Waals surface area contributed by atoms with Crippen molar-refractivity contribution in [3.63, 3.8) is 0 Å². The molecule has 0 N–H and O–H groups in total. The topological polar surface area (TPSA) is 92.1 Å². The number of esters is 1. The van der Waals surface area contributed by atoms with Crippen LogP contribution in [0, 0.1) is 11.3 Å². The zero-order valence-corrected chi connectivity index (χ0v) is 18.3. The zero-order chi connectivity index (χ0) is 23.1. The molecule has 0 atom stereocenters. The minimum Gasteiger partial charge on any atom is -0.494 e. The summed E-state index contributed by atoms with van der Waals surface area (Å²) in [5.41, 5.74) is 1.70. The Bertz CT molecular complexity index is 1030. The van der Waals surface area contributed by atoms with Crippen LogP contribution in [0.1, 0.15) is 13.3 Å². The molecule has 1 aliphatic heterocycles. The van der Waals surface area contributed by atoms with E-state index in [1.54, 1.807) is 48.2 Å². The average molecular weight is 435 g/mol. The number of ether oxygens (including phenoxy) is 3. The minimum absolute atomic E-state index is 0.0236. The van der Waals surface area contributed by atoms with Gasteiger partial charge >= 0.3 is 5.97 Å². The van der Waals surface area contributed by atoms with Crippen LogP contribution >= 0.6 is 0 Å². The Kier molecular flexibility index (Phi) is 7.34. The Morgan fingerprint density at radius 3 is 2.03 bits per heavy atom. The van der Waals surface area contributed by atoms with E-state index in [2.05, 4.69) is 0 Å². The number of nitrogens with zero attached hydrogens (tertiary/aromatic N) is 3. The molecule has 0 unspecified atom stereocenters. The molecule has 0 amide bonds. The fraction of sp³-hybridized carbons (Fsp3) is 0.292. The SMILES string of the molecule is CCOc1ccc(OCCC(=O)OCC(=O)C(C#N)=C2N(C)c3ccccc3N2C)cc1. The van der Waals surface area contributed by atoms with Gasteiger partial charge in [-0.3, -0.25) is 9.59 Å². The third-order valence-electron chi connectivity index (χ3n) is 4.93. The fourth-order valence-electron chi connectivity index (χ4n) is 3.40. The molecule has 3 rings (SSSR count). The number of rotatable bonds is 9. The van der Waals surface area contributed by atoms with Crippen molar-refractivity contribution in [2.75, 3.05) is 43.7 Å². The van der Waals surface area contributed by atoms with Crippen LogP contribution in [-0.4, -0.2) is 45.7 Å². The molecule has 0 saturated carbocycles. The molecular formula is C24H25N3O5. The smallest absolute Gasteiger partial charge is 0.309 e. The number of hydrogen-bond donors (Lipinski definition) is 0. The number of ketones is 1. The molecule has 8 nitrogen and oxygen atoms in total. The average Bonchev–Trinajstić information content (AvgIpc) is 3.05. The maximum Gasteiger partial charge on any atom is 0.309 e. The molecule has 0 bridgehead atoms. The standard InChI is InChI=1S/C24H25N3O5/c1-4-30-17-9-11-18(12-10-17)31-14-13-23(29)32-16-22(28)19(15-25)24-26(2)20-7-5-6-8-21(20)27(24)3/h5-12H,4,13-14,16H2,1-3H3. The summed E-state index contributed by atoms with van der Waals surface area (Å²) >= 11 is 0. The van der Waals surface area contributed by atoms with Gasteiger partial charge in [-0.25, -0.2) is 0 Å². The van der Waals surface area contributed by atoms with Crippen molar-refractivity contribution >= 4 is 23.1 Å². The van der Waals surface area contributed by atoms with Crippen LogP contribution in [0.2, 0.25) is 0 Å². The van der Waals surface area contributed by atoms with Gasteiger partial charge in [0.2, 0.25) is 5.78 Å². The minimum atomic E-state index is -0.581. The van der Waals surface area contributed by atoms with E-state index >= 15 is 0 Å². The Morgan fingerprint density at radius 2 is 1.50 bits per heavy atom.